The van der Waals surface area contributed by atoms with Gasteiger partial charge in [0.25, 0.3) is 11.8 Å². The molecule has 0 saturated carbocycles. The number of hydrogen-bond donors (Lipinski definition) is 2. The quantitative estimate of drug-likeness (QED) is 0.813. The van der Waals surface area contributed by atoms with Crippen molar-refractivity contribution in [3.63, 3.8) is 0 Å². The molecular formula is C13H22N2O4. The van der Waals surface area contributed by atoms with Crippen LogP contribution in [0.4, 0.5) is 0 Å². The van der Waals surface area contributed by atoms with Gasteiger partial charge in [-0.3, -0.25) is 4.79 Å². The number of carbonyl (C=O) groups is 1. The van der Waals surface area contributed by atoms with Gasteiger partial charge in [-0.2, -0.15) is 0 Å². The number of aromatic nitrogens is 1. The van der Waals surface area contributed by atoms with Gasteiger partial charge in [0.1, 0.15) is 5.76 Å². The molecule has 0 saturated heterocycles. The molecule has 2 N–H and O–H groups in total. The zero-order chi connectivity index (χ0) is 14.5. The zero-order valence-corrected chi connectivity index (χ0v) is 11.9. The lowest BCUT2D eigenvalue weighted by Crippen LogP contribution is -2.46. The van der Waals surface area contributed by atoms with Gasteiger partial charge in [0.05, 0.1) is 0 Å². The number of carbonyl (C=O) groups excluding carboxylic acids is 1. The van der Waals surface area contributed by atoms with E-state index in [0.717, 1.165) is 0 Å². The Morgan fingerprint density at radius 1 is 1.58 bits per heavy atom. The lowest BCUT2D eigenvalue weighted by Gasteiger charge is -2.31. The Labute approximate surface area is 113 Å². The van der Waals surface area contributed by atoms with Crippen LogP contribution in [-0.2, 0) is 4.79 Å². The molecule has 6 heteroatoms. The van der Waals surface area contributed by atoms with Crippen LogP contribution in [0.5, 0.6) is 5.88 Å². The highest BCUT2D eigenvalue weighted by atomic mass is 16.5. The predicted molar refractivity (Wildman–Crippen MR) is 69.8 cm³/mol. The minimum absolute atomic E-state index is 0.0333. The molecule has 1 rings (SSSR count). The van der Waals surface area contributed by atoms with Crippen molar-refractivity contribution in [3.05, 3.63) is 11.8 Å². The Morgan fingerprint density at radius 3 is 2.74 bits per heavy atom. The van der Waals surface area contributed by atoms with Crippen LogP contribution in [0, 0.1) is 12.3 Å². The van der Waals surface area contributed by atoms with Gasteiger partial charge in [0, 0.05) is 18.7 Å². The molecule has 0 aliphatic rings. The molecule has 0 spiro atoms. The molecule has 0 fully saturated rings. The second-order valence-electron chi connectivity index (χ2n) is 5.56. The smallest absolute Gasteiger partial charge is 0.258 e. The first-order valence-electron chi connectivity index (χ1n) is 6.29. The number of nitrogens with zero attached hydrogens (tertiary/aromatic N) is 1. The molecule has 1 aromatic rings. The first-order valence-corrected chi connectivity index (χ1v) is 6.29. The normalized spacial score (nSPS) is 13.1. The topological polar surface area (TPSA) is 84.6 Å². The van der Waals surface area contributed by atoms with Crippen LogP contribution in [-0.4, -0.2) is 35.4 Å². The van der Waals surface area contributed by atoms with Gasteiger partial charge in [-0.15, -0.1) is 0 Å². The molecule has 0 aliphatic carbocycles. The third-order valence-electron chi connectivity index (χ3n) is 2.76. The molecule has 1 heterocycles. The summed E-state index contributed by atoms with van der Waals surface area (Å²) in [4.78, 5) is 11.8. The third-order valence-corrected chi connectivity index (χ3v) is 2.76. The molecular weight excluding hydrogens is 248 g/mol. The monoisotopic (exact) mass is 270 g/mol. The van der Waals surface area contributed by atoms with E-state index in [4.69, 9.17) is 14.4 Å². The van der Waals surface area contributed by atoms with E-state index in [1.54, 1.807) is 13.0 Å². The van der Waals surface area contributed by atoms with Crippen molar-refractivity contribution in [1.82, 2.24) is 10.5 Å². The van der Waals surface area contributed by atoms with Crippen molar-refractivity contribution in [1.29, 1.82) is 0 Å². The fourth-order valence-electron chi connectivity index (χ4n) is 1.64. The van der Waals surface area contributed by atoms with Crippen LogP contribution in [0.25, 0.3) is 0 Å². The van der Waals surface area contributed by atoms with Gasteiger partial charge < -0.3 is 19.7 Å². The Balaban J connectivity index is 2.44. The van der Waals surface area contributed by atoms with Gasteiger partial charge in [-0.25, -0.2) is 0 Å². The fraction of sp³-hybridized carbons (Fsp3) is 0.692. The van der Waals surface area contributed by atoms with Gasteiger partial charge >= 0.3 is 0 Å². The van der Waals surface area contributed by atoms with Crippen molar-refractivity contribution in [2.45, 2.75) is 40.2 Å². The number of aliphatic hydroxyl groups is 1. The fourth-order valence-corrected chi connectivity index (χ4v) is 1.64. The Kier molecular flexibility index (Phi) is 5.35. The largest absolute Gasteiger partial charge is 0.465 e. The summed E-state index contributed by atoms with van der Waals surface area (Å²) in [6.45, 7) is 7.69. The third kappa shape index (κ3) is 5.30. The van der Waals surface area contributed by atoms with E-state index in [9.17, 15) is 4.79 Å². The summed E-state index contributed by atoms with van der Waals surface area (Å²) in [7, 11) is 0. The van der Waals surface area contributed by atoms with Crippen LogP contribution in [0.15, 0.2) is 10.6 Å². The Bertz CT molecular complexity index is 409. The van der Waals surface area contributed by atoms with E-state index in [-0.39, 0.29) is 30.6 Å². The molecule has 1 unspecified atom stereocenters. The van der Waals surface area contributed by atoms with Crippen molar-refractivity contribution in [2.24, 2.45) is 5.41 Å². The summed E-state index contributed by atoms with van der Waals surface area (Å²) in [6, 6.07) is 1.51. The lowest BCUT2D eigenvalue weighted by molar-refractivity contribution is -0.124. The van der Waals surface area contributed by atoms with E-state index in [1.807, 2.05) is 20.8 Å². The zero-order valence-electron chi connectivity index (χ0n) is 11.9. The highest BCUT2D eigenvalue weighted by molar-refractivity contribution is 5.77. The maximum absolute atomic E-state index is 11.8. The molecule has 0 radical (unpaired) electrons. The highest BCUT2D eigenvalue weighted by Crippen LogP contribution is 2.21. The van der Waals surface area contributed by atoms with Crippen molar-refractivity contribution >= 4 is 5.91 Å². The standard InChI is InChI=1S/C13H22N2O4/c1-9-7-12(15-19-9)18-8-11(17)14-10(5-6-16)13(2,3)4/h7,10,16H,5-6,8H2,1-4H3,(H,14,17). The van der Waals surface area contributed by atoms with Crippen LogP contribution in [0.1, 0.15) is 33.0 Å². The number of nitrogens with one attached hydrogen (secondary N) is 1. The number of rotatable bonds is 6. The minimum Gasteiger partial charge on any atom is -0.465 e. The van der Waals surface area contributed by atoms with Gasteiger partial charge in [0.2, 0.25) is 0 Å². The summed E-state index contributed by atoms with van der Waals surface area (Å²) < 4.78 is 10.0. The molecule has 0 aliphatic heterocycles. The first kappa shape index (κ1) is 15.5. The van der Waals surface area contributed by atoms with Crippen molar-refractivity contribution < 1.29 is 19.2 Å². The van der Waals surface area contributed by atoms with E-state index in [1.165, 1.54) is 0 Å². The second-order valence-corrected chi connectivity index (χ2v) is 5.56. The molecule has 6 nitrogen and oxygen atoms in total. The first-order chi connectivity index (χ1) is 8.82. The summed E-state index contributed by atoms with van der Waals surface area (Å²) >= 11 is 0. The van der Waals surface area contributed by atoms with Gasteiger partial charge in [-0.1, -0.05) is 20.8 Å². The average Bonchev–Trinajstić information content (AvgIpc) is 2.71. The van der Waals surface area contributed by atoms with Crippen LogP contribution >= 0.6 is 0 Å². The SMILES string of the molecule is Cc1cc(OCC(=O)NC(CCO)C(C)(C)C)no1. The molecule has 0 aromatic carbocycles. The number of ether oxygens (including phenoxy) is 1. The van der Waals surface area contributed by atoms with Crippen molar-refractivity contribution in [2.75, 3.05) is 13.2 Å². The number of aryl methyl sites for hydroxylation is 1. The molecule has 1 atom stereocenters. The van der Waals surface area contributed by atoms with E-state index >= 15 is 0 Å². The predicted octanol–water partition coefficient (Wildman–Crippen LogP) is 1.28. The number of amides is 1. The van der Waals surface area contributed by atoms with Crippen LogP contribution in [0.2, 0.25) is 0 Å². The summed E-state index contributed by atoms with van der Waals surface area (Å²) in [5.41, 5.74) is -0.122. The molecule has 1 amide bonds. The van der Waals surface area contributed by atoms with E-state index < -0.39 is 0 Å². The number of hydrogen-bond acceptors (Lipinski definition) is 5. The maximum atomic E-state index is 11.8. The maximum Gasteiger partial charge on any atom is 0.258 e. The molecule has 0 bridgehead atoms. The summed E-state index contributed by atoms with van der Waals surface area (Å²) in [6.07, 6.45) is 0.512. The van der Waals surface area contributed by atoms with E-state index in [2.05, 4.69) is 10.5 Å². The molecule has 19 heavy (non-hydrogen) atoms. The number of aliphatic hydroxyl groups excluding tert-OH is 1. The van der Waals surface area contributed by atoms with Gasteiger partial charge in [-0.05, 0) is 23.9 Å². The average molecular weight is 270 g/mol. The van der Waals surface area contributed by atoms with Gasteiger partial charge in [0.15, 0.2) is 6.61 Å². The lowest BCUT2D eigenvalue weighted by atomic mass is 9.85. The molecule has 108 valence electrons. The Morgan fingerprint density at radius 2 is 2.26 bits per heavy atom. The Hall–Kier alpha value is -1.56. The van der Waals surface area contributed by atoms with Crippen molar-refractivity contribution in [3.8, 4) is 5.88 Å². The summed E-state index contributed by atoms with van der Waals surface area (Å²) in [5, 5.41) is 15.5. The molecule has 1 aromatic heterocycles. The van der Waals surface area contributed by atoms with Crippen LogP contribution in [0.3, 0.4) is 0 Å². The minimum atomic E-state index is -0.242. The second kappa shape index (κ2) is 6.56. The highest BCUT2D eigenvalue weighted by Gasteiger charge is 2.25. The van der Waals surface area contributed by atoms with Crippen LogP contribution < -0.4 is 10.1 Å². The van der Waals surface area contributed by atoms with E-state index in [0.29, 0.717) is 18.1 Å². The summed E-state index contributed by atoms with van der Waals surface area (Å²) in [5.74, 6) is 0.680.